The molecular weight excluding hydrogens is 204 g/mol. The lowest BCUT2D eigenvalue weighted by Crippen LogP contribution is -2.23. The van der Waals surface area contributed by atoms with Crippen molar-refractivity contribution in [1.82, 2.24) is 14.3 Å². The summed E-state index contributed by atoms with van der Waals surface area (Å²) in [4.78, 5) is 11.9. The fraction of sp³-hybridized carbons (Fsp3) is 0.273. The molecule has 0 aliphatic heterocycles. The zero-order valence-electron chi connectivity index (χ0n) is 9.13. The molecule has 0 bridgehead atoms. The molecule has 0 amide bonds. The Labute approximate surface area is 93.1 Å². The lowest BCUT2D eigenvalue weighted by atomic mass is 10.3. The van der Waals surface area contributed by atoms with Crippen LogP contribution in [0.2, 0.25) is 0 Å². The minimum absolute atomic E-state index is 0.119. The van der Waals surface area contributed by atoms with Gasteiger partial charge < -0.3 is 5.73 Å². The van der Waals surface area contributed by atoms with Crippen molar-refractivity contribution < 1.29 is 0 Å². The third-order valence-corrected chi connectivity index (χ3v) is 2.34. The predicted octanol–water partition coefficient (Wildman–Crippen LogP) is 1.03. The van der Waals surface area contributed by atoms with E-state index in [4.69, 9.17) is 5.73 Å². The highest BCUT2D eigenvalue weighted by molar-refractivity contribution is 5.44. The second-order valence-corrected chi connectivity index (χ2v) is 3.60. The first-order valence-corrected chi connectivity index (χ1v) is 5.22. The standard InChI is InChI=1S/C11H14N4O/c1-2-7-15-11(16)14(8-13-15)10-5-3-9(12)4-6-10/h3-6,8H,2,7,12H2,1H3. The summed E-state index contributed by atoms with van der Waals surface area (Å²) in [6.45, 7) is 2.65. The van der Waals surface area contributed by atoms with Gasteiger partial charge in [0.25, 0.3) is 0 Å². The van der Waals surface area contributed by atoms with Crippen LogP contribution in [0.15, 0.2) is 35.4 Å². The fourth-order valence-electron chi connectivity index (χ4n) is 1.51. The molecule has 0 fully saturated rings. The Kier molecular flexibility index (Phi) is 2.76. The highest BCUT2D eigenvalue weighted by Gasteiger charge is 2.05. The van der Waals surface area contributed by atoms with E-state index in [0.29, 0.717) is 12.2 Å². The van der Waals surface area contributed by atoms with Crippen LogP contribution in [0.1, 0.15) is 13.3 Å². The van der Waals surface area contributed by atoms with E-state index in [1.54, 1.807) is 24.3 Å². The molecule has 1 aromatic carbocycles. The summed E-state index contributed by atoms with van der Waals surface area (Å²) in [6.07, 6.45) is 2.42. The van der Waals surface area contributed by atoms with Crippen LogP contribution in [0.4, 0.5) is 5.69 Å². The molecule has 0 atom stereocenters. The van der Waals surface area contributed by atoms with Crippen molar-refractivity contribution in [2.75, 3.05) is 5.73 Å². The monoisotopic (exact) mass is 218 g/mol. The summed E-state index contributed by atoms with van der Waals surface area (Å²) in [7, 11) is 0. The van der Waals surface area contributed by atoms with Crippen LogP contribution in [-0.2, 0) is 6.54 Å². The summed E-state index contributed by atoms with van der Waals surface area (Å²) >= 11 is 0. The van der Waals surface area contributed by atoms with Crippen LogP contribution in [0.25, 0.3) is 5.69 Å². The fourth-order valence-corrected chi connectivity index (χ4v) is 1.51. The average molecular weight is 218 g/mol. The van der Waals surface area contributed by atoms with Gasteiger partial charge in [0.15, 0.2) is 0 Å². The normalized spacial score (nSPS) is 10.6. The first-order valence-electron chi connectivity index (χ1n) is 5.22. The SMILES string of the molecule is CCCn1ncn(-c2ccc(N)cc2)c1=O. The van der Waals surface area contributed by atoms with Crippen LogP contribution in [0.3, 0.4) is 0 Å². The molecule has 2 rings (SSSR count). The highest BCUT2D eigenvalue weighted by Crippen LogP contribution is 2.08. The zero-order chi connectivity index (χ0) is 11.5. The lowest BCUT2D eigenvalue weighted by Gasteiger charge is -2.00. The number of rotatable bonds is 3. The Morgan fingerprint density at radius 3 is 2.62 bits per heavy atom. The van der Waals surface area contributed by atoms with Gasteiger partial charge >= 0.3 is 5.69 Å². The Hall–Kier alpha value is -2.04. The molecule has 0 radical (unpaired) electrons. The molecule has 5 nitrogen and oxygen atoms in total. The van der Waals surface area contributed by atoms with Crippen LogP contribution in [0.5, 0.6) is 0 Å². The van der Waals surface area contributed by atoms with Gasteiger partial charge in [0.1, 0.15) is 6.33 Å². The molecule has 84 valence electrons. The Balaban J connectivity index is 2.41. The molecule has 0 aliphatic carbocycles. The van der Waals surface area contributed by atoms with Gasteiger partial charge in [-0.05, 0) is 30.7 Å². The van der Waals surface area contributed by atoms with E-state index >= 15 is 0 Å². The number of aromatic nitrogens is 3. The van der Waals surface area contributed by atoms with E-state index in [1.165, 1.54) is 15.6 Å². The molecule has 1 heterocycles. The maximum atomic E-state index is 11.9. The van der Waals surface area contributed by atoms with Gasteiger partial charge in [-0.1, -0.05) is 6.92 Å². The number of nitrogens with zero attached hydrogens (tertiary/aromatic N) is 3. The second-order valence-electron chi connectivity index (χ2n) is 3.60. The summed E-state index contributed by atoms with van der Waals surface area (Å²) < 4.78 is 2.96. The molecule has 0 unspecified atom stereocenters. The molecule has 5 heteroatoms. The van der Waals surface area contributed by atoms with E-state index in [2.05, 4.69) is 5.10 Å². The first-order chi connectivity index (χ1) is 7.72. The number of benzene rings is 1. The van der Waals surface area contributed by atoms with Gasteiger partial charge in [0.2, 0.25) is 0 Å². The molecule has 16 heavy (non-hydrogen) atoms. The van der Waals surface area contributed by atoms with Gasteiger partial charge in [0.05, 0.1) is 5.69 Å². The molecule has 2 aromatic rings. The largest absolute Gasteiger partial charge is 0.399 e. The summed E-state index contributed by atoms with van der Waals surface area (Å²) in [6, 6.07) is 7.13. The second kappa shape index (κ2) is 4.22. The molecule has 0 saturated heterocycles. The summed E-state index contributed by atoms with van der Waals surface area (Å²) in [5.74, 6) is 0. The van der Waals surface area contributed by atoms with Crippen LogP contribution >= 0.6 is 0 Å². The Bertz CT molecular complexity index is 524. The van der Waals surface area contributed by atoms with Crippen molar-refractivity contribution in [2.24, 2.45) is 0 Å². The van der Waals surface area contributed by atoms with Crippen LogP contribution < -0.4 is 11.4 Å². The maximum absolute atomic E-state index is 11.9. The Morgan fingerprint density at radius 2 is 2.00 bits per heavy atom. The lowest BCUT2D eigenvalue weighted by molar-refractivity contribution is 0.578. The number of aryl methyl sites for hydroxylation is 1. The van der Waals surface area contributed by atoms with Gasteiger partial charge in [-0.3, -0.25) is 0 Å². The quantitative estimate of drug-likeness (QED) is 0.782. The van der Waals surface area contributed by atoms with Gasteiger partial charge in [0, 0.05) is 12.2 Å². The van der Waals surface area contributed by atoms with Gasteiger partial charge in [-0.25, -0.2) is 14.0 Å². The third kappa shape index (κ3) is 1.84. The topological polar surface area (TPSA) is 65.8 Å². The van der Waals surface area contributed by atoms with E-state index in [9.17, 15) is 4.79 Å². The Morgan fingerprint density at radius 1 is 1.31 bits per heavy atom. The van der Waals surface area contributed by atoms with E-state index in [1.807, 2.05) is 6.92 Å². The molecule has 2 N–H and O–H groups in total. The predicted molar refractivity (Wildman–Crippen MR) is 62.5 cm³/mol. The number of hydrogen-bond acceptors (Lipinski definition) is 3. The van der Waals surface area contributed by atoms with E-state index < -0.39 is 0 Å². The van der Waals surface area contributed by atoms with Gasteiger partial charge in [-0.2, -0.15) is 5.10 Å². The zero-order valence-corrected chi connectivity index (χ0v) is 9.13. The molecule has 0 aliphatic rings. The van der Waals surface area contributed by atoms with Crippen LogP contribution in [-0.4, -0.2) is 14.3 Å². The van der Waals surface area contributed by atoms with Crippen molar-refractivity contribution in [2.45, 2.75) is 19.9 Å². The molecule has 1 aromatic heterocycles. The van der Waals surface area contributed by atoms with Crippen molar-refractivity contribution in [3.8, 4) is 5.69 Å². The third-order valence-electron chi connectivity index (χ3n) is 2.34. The van der Waals surface area contributed by atoms with E-state index in [-0.39, 0.29) is 5.69 Å². The minimum atomic E-state index is -0.119. The number of anilines is 1. The smallest absolute Gasteiger partial charge is 0.350 e. The van der Waals surface area contributed by atoms with Crippen molar-refractivity contribution in [3.05, 3.63) is 41.1 Å². The summed E-state index contributed by atoms with van der Waals surface area (Å²) in [5.41, 5.74) is 6.93. The molecule has 0 saturated carbocycles. The molecular formula is C11H14N4O. The molecule has 0 spiro atoms. The highest BCUT2D eigenvalue weighted by atomic mass is 16.2. The van der Waals surface area contributed by atoms with Crippen LogP contribution in [0, 0.1) is 0 Å². The van der Waals surface area contributed by atoms with Crippen molar-refractivity contribution in [1.29, 1.82) is 0 Å². The van der Waals surface area contributed by atoms with Crippen molar-refractivity contribution in [3.63, 3.8) is 0 Å². The summed E-state index contributed by atoms with van der Waals surface area (Å²) in [5, 5.41) is 4.04. The maximum Gasteiger partial charge on any atom is 0.350 e. The minimum Gasteiger partial charge on any atom is -0.399 e. The van der Waals surface area contributed by atoms with E-state index in [0.717, 1.165) is 12.1 Å². The average Bonchev–Trinajstić information content (AvgIpc) is 2.63. The first kappa shape index (κ1) is 10.5. The van der Waals surface area contributed by atoms with Gasteiger partial charge in [-0.15, -0.1) is 0 Å². The number of nitrogens with two attached hydrogens (primary N) is 1. The number of nitrogen functional groups attached to an aromatic ring is 1. The number of hydrogen-bond donors (Lipinski definition) is 1. The van der Waals surface area contributed by atoms with Crippen molar-refractivity contribution >= 4 is 5.69 Å².